The van der Waals surface area contributed by atoms with Gasteiger partial charge in [-0.3, -0.25) is 9.78 Å². The Balaban J connectivity index is 1.83. The Morgan fingerprint density at radius 2 is 2.24 bits per heavy atom. The molecule has 2 aromatic heterocycles. The minimum Gasteiger partial charge on any atom is -0.480 e. The van der Waals surface area contributed by atoms with Gasteiger partial charge in [0.15, 0.2) is 0 Å². The molecule has 1 aliphatic rings. The van der Waals surface area contributed by atoms with E-state index in [1.165, 1.54) is 16.2 Å². The third kappa shape index (κ3) is 2.64. The average molecular weight is 303 g/mol. The second-order valence-electron chi connectivity index (χ2n) is 4.75. The van der Waals surface area contributed by atoms with Crippen LogP contribution in [0.5, 0.6) is 0 Å². The molecule has 108 valence electrons. The molecule has 1 unspecified atom stereocenters. The summed E-state index contributed by atoms with van der Waals surface area (Å²) < 4.78 is 0. The number of carbonyl (C=O) groups excluding carboxylic acids is 1. The summed E-state index contributed by atoms with van der Waals surface area (Å²) >= 11 is 1.33. The molecular weight excluding hydrogens is 290 g/mol. The van der Waals surface area contributed by atoms with Crippen LogP contribution in [0.25, 0.3) is 10.7 Å². The van der Waals surface area contributed by atoms with Crippen LogP contribution >= 0.6 is 11.3 Å². The van der Waals surface area contributed by atoms with Gasteiger partial charge in [-0.15, -0.1) is 11.3 Å². The van der Waals surface area contributed by atoms with Gasteiger partial charge in [-0.2, -0.15) is 0 Å². The third-order valence-electron chi connectivity index (χ3n) is 3.41. The molecule has 7 heteroatoms. The number of nitrogens with zero attached hydrogens (tertiary/aromatic N) is 3. The normalized spacial score (nSPS) is 17.9. The number of aliphatic carboxylic acids is 1. The number of pyridine rings is 1. The van der Waals surface area contributed by atoms with E-state index in [1.54, 1.807) is 11.6 Å². The molecule has 0 aliphatic carbocycles. The molecule has 0 bridgehead atoms. The summed E-state index contributed by atoms with van der Waals surface area (Å²) in [5.41, 5.74) is 0.992. The highest BCUT2D eigenvalue weighted by atomic mass is 32.1. The molecule has 2 aromatic rings. The number of hydrogen-bond acceptors (Lipinski definition) is 5. The van der Waals surface area contributed by atoms with Gasteiger partial charge in [0.05, 0.1) is 5.69 Å². The van der Waals surface area contributed by atoms with Crippen molar-refractivity contribution in [1.29, 1.82) is 0 Å². The third-order valence-corrected chi connectivity index (χ3v) is 4.27. The molecule has 0 radical (unpaired) electrons. The zero-order valence-electron chi connectivity index (χ0n) is 11.1. The Kier molecular flexibility index (Phi) is 3.66. The van der Waals surface area contributed by atoms with Gasteiger partial charge in [-0.05, 0) is 25.0 Å². The summed E-state index contributed by atoms with van der Waals surface area (Å²) in [5.74, 6) is -1.28. The molecule has 1 atom stereocenters. The molecule has 1 saturated heterocycles. The number of aromatic nitrogens is 2. The Bertz CT molecular complexity index is 671. The van der Waals surface area contributed by atoms with Crippen molar-refractivity contribution in [2.75, 3.05) is 6.54 Å². The Morgan fingerprint density at radius 1 is 1.38 bits per heavy atom. The van der Waals surface area contributed by atoms with E-state index in [-0.39, 0.29) is 11.6 Å². The fraction of sp³-hybridized carbons (Fsp3) is 0.286. The van der Waals surface area contributed by atoms with Crippen molar-refractivity contribution < 1.29 is 14.7 Å². The topological polar surface area (TPSA) is 83.4 Å². The fourth-order valence-corrected chi connectivity index (χ4v) is 3.16. The minimum atomic E-state index is -0.957. The number of likely N-dealkylation sites (tertiary alicyclic amines) is 1. The predicted molar refractivity (Wildman–Crippen MR) is 77.0 cm³/mol. The lowest BCUT2D eigenvalue weighted by Crippen LogP contribution is -2.40. The van der Waals surface area contributed by atoms with Gasteiger partial charge < -0.3 is 10.0 Å². The molecule has 0 aromatic carbocycles. The first-order valence-corrected chi connectivity index (χ1v) is 7.45. The van der Waals surface area contributed by atoms with Crippen molar-refractivity contribution in [1.82, 2.24) is 14.9 Å². The Hall–Kier alpha value is -2.28. The van der Waals surface area contributed by atoms with Gasteiger partial charge in [0.25, 0.3) is 5.91 Å². The van der Waals surface area contributed by atoms with Gasteiger partial charge in [-0.25, -0.2) is 9.78 Å². The highest BCUT2D eigenvalue weighted by molar-refractivity contribution is 7.13. The summed E-state index contributed by atoms with van der Waals surface area (Å²) in [7, 11) is 0. The molecule has 1 aliphatic heterocycles. The summed E-state index contributed by atoms with van der Waals surface area (Å²) in [6.45, 7) is 0.465. The Labute approximate surface area is 125 Å². The predicted octanol–water partition coefficient (Wildman–Crippen LogP) is 1.89. The molecule has 1 amide bonds. The van der Waals surface area contributed by atoms with Crippen LogP contribution in [0.3, 0.4) is 0 Å². The number of carboxylic acid groups (broad SMARTS) is 1. The van der Waals surface area contributed by atoms with Gasteiger partial charge in [0, 0.05) is 18.1 Å². The number of hydrogen-bond donors (Lipinski definition) is 1. The molecular formula is C14H13N3O3S. The van der Waals surface area contributed by atoms with E-state index in [2.05, 4.69) is 9.97 Å². The van der Waals surface area contributed by atoms with Gasteiger partial charge in [0.2, 0.25) is 0 Å². The van der Waals surface area contributed by atoms with Crippen LogP contribution in [-0.4, -0.2) is 44.4 Å². The van der Waals surface area contributed by atoms with E-state index < -0.39 is 12.0 Å². The van der Waals surface area contributed by atoms with Crippen LogP contribution in [0.4, 0.5) is 0 Å². The molecule has 1 N–H and O–H groups in total. The van der Waals surface area contributed by atoms with Crippen molar-refractivity contribution in [2.45, 2.75) is 18.9 Å². The van der Waals surface area contributed by atoms with Crippen molar-refractivity contribution in [3.05, 3.63) is 35.5 Å². The van der Waals surface area contributed by atoms with E-state index in [4.69, 9.17) is 5.11 Å². The first kappa shape index (κ1) is 13.7. The SMILES string of the molecule is O=C(O)C1CCCN1C(=O)c1csc(-c2ccccn2)n1. The lowest BCUT2D eigenvalue weighted by atomic mass is 10.2. The van der Waals surface area contributed by atoms with E-state index in [0.29, 0.717) is 30.1 Å². The first-order valence-electron chi connectivity index (χ1n) is 6.57. The van der Waals surface area contributed by atoms with Crippen molar-refractivity contribution >= 4 is 23.2 Å². The van der Waals surface area contributed by atoms with Crippen molar-refractivity contribution in [3.63, 3.8) is 0 Å². The number of carbonyl (C=O) groups is 2. The molecule has 0 saturated carbocycles. The maximum Gasteiger partial charge on any atom is 0.326 e. The van der Waals surface area contributed by atoms with E-state index in [9.17, 15) is 9.59 Å². The van der Waals surface area contributed by atoms with Gasteiger partial charge >= 0.3 is 5.97 Å². The largest absolute Gasteiger partial charge is 0.480 e. The molecule has 3 heterocycles. The maximum atomic E-state index is 12.4. The number of rotatable bonds is 3. The maximum absolute atomic E-state index is 12.4. The fourth-order valence-electron chi connectivity index (χ4n) is 2.39. The lowest BCUT2D eigenvalue weighted by molar-refractivity contribution is -0.141. The average Bonchev–Trinajstić information content (AvgIpc) is 3.17. The summed E-state index contributed by atoms with van der Waals surface area (Å²) in [6.07, 6.45) is 2.87. The van der Waals surface area contributed by atoms with Gasteiger partial charge in [-0.1, -0.05) is 6.07 Å². The minimum absolute atomic E-state index is 0.286. The van der Waals surface area contributed by atoms with Crippen LogP contribution in [0.15, 0.2) is 29.8 Å². The second kappa shape index (κ2) is 5.61. The van der Waals surface area contributed by atoms with Crippen LogP contribution < -0.4 is 0 Å². The van der Waals surface area contributed by atoms with Crippen LogP contribution in [0, 0.1) is 0 Å². The van der Waals surface area contributed by atoms with E-state index in [1.807, 2.05) is 18.2 Å². The molecule has 6 nitrogen and oxygen atoms in total. The van der Waals surface area contributed by atoms with E-state index >= 15 is 0 Å². The first-order chi connectivity index (χ1) is 10.2. The summed E-state index contributed by atoms with van der Waals surface area (Å²) in [5, 5.41) is 11.5. The molecule has 21 heavy (non-hydrogen) atoms. The molecule has 3 rings (SSSR count). The molecule has 1 fully saturated rings. The van der Waals surface area contributed by atoms with Gasteiger partial charge in [0.1, 0.15) is 16.7 Å². The quantitative estimate of drug-likeness (QED) is 0.936. The lowest BCUT2D eigenvalue weighted by Gasteiger charge is -2.20. The zero-order chi connectivity index (χ0) is 14.8. The van der Waals surface area contributed by atoms with E-state index in [0.717, 1.165) is 0 Å². The summed E-state index contributed by atoms with van der Waals surface area (Å²) in [4.78, 5) is 33.4. The highest BCUT2D eigenvalue weighted by Crippen LogP contribution is 2.25. The zero-order valence-corrected chi connectivity index (χ0v) is 11.9. The van der Waals surface area contributed by atoms with Crippen LogP contribution in [-0.2, 0) is 4.79 Å². The smallest absolute Gasteiger partial charge is 0.326 e. The number of carboxylic acids is 1. The van der Waals surface area contributed by atoms with Crippen molar-refractivity contribution in [3.8, 4) is 10.7 Å². The Morgan fingerprint density at radius 3 is 2.95 bits per heavy atom. The second-order valence-corrected chi connectivity index (χ2v) is 5.61. The van der Waals surface area contributed by atoms with Crippen LogP contribution in [0.1, 0.15) is 23.3 Å². The molecule has 0 spiro atoms. The highest BCUT2D eigenvalue weighted by Gasteiger charge is 2.35. The number of thiazole rings is 1. The van der Waals surface area contributed by atoms with Crippen LogP contribution in [0.2, 0.25) is 0 Å². The monoisotopic (exact) mass is 303 g/mol. The number of amides is 1. The van der Waals surface area contributed by atoms with Crippen molar-refractivity contribution in [2.24, 2.45) is 0 Å². The summed E-state index contributed by atoms with van der Waals surface area (Å²) in [6, 6.07) is 4.75. The standard InChI is InChI=1S/C14H13N3O3S/c18-13(17-7-3-5-11(17)14(19)20)10-8-21-12(16-10)9-4-1-2-6-15-9/h1-2,4,6,8,11H,3,5,7H2,(H,19,20).